The van der Waals surface area contributed by atoms with Crippen LogP contribution in [0.3, 0.4) is 0 Å². The summed E-state index contributed by atoms with van der Waals surface area (Å²) in [5, 5.41) is 21.9. The van der Waals surface area contributed by atoms with Crippen molar-refractivity contribution in [3.05, 3.63) is 35.9 Å². The van der Waals surface area contributed by atoms with Crippen LogP contribution in [0, 0.1) is 22.7 Å². The molecule has 0 radical (unpaired) electrons. The molecule has 6 rings (SSSR count). The van der Waals surface area contributed by atoms with E-state index >= 15 is 0 Å². The number of hydrogen-bond acceptors (Lipinski definition) is 10. The number of nitrogens with one attached hydrogen (secondary N) is 4. The van der Waals surface area contributed by atoms with Crippen molar-refractivity contribution in [3.8, 4) is 0 Å². The number of anilines is 4. The first-order chi connectivity index (χ1) is 21.9. The lowest BCUT2D eigenvalue weighted by Crippen LogP contribution is -2.36. The van der Waals surface area contributed by atoms with Gasteiger partial charge in [-0.3, -0.25) is 20.2 Å². The van der Waals surface area contributed by atoms with Crippen molar-refractivity contribution >= 4 is 46.6 Å². The first-order valence-electron chi connectivity index (χ1n) is 16.1. The van der Waals surface area contributed by atoms with Gasteiger partial charge in [0.2, 0.25) is 23.7 Å². The highest BCUT2D eigenvalue weighted by atomic mass is 16.2. The summed E-state index contributed by atoms with van der Waals surface area (Å²) in [6.45, 7) is 12.0. The van der Waals surface area contributed by atoms with Crippen LogP contribution >= 0.6 is 0 Å². The summed E-state index contributed by atoms with van der Waals surface area (Å²) >= 11 is 0. The highest BCUT2D eigenvalue weighted by Crippen LogP contribution is 2.31. The van der Waals surface area contributed by atoms with Crippen molar-refractivity contribution in [2.24, 2.45) is 28.4 Å². The van der Waals surface area contributed by atoms with Crippen molar-refractivity contribution in [1.82, 2.24) is 34.1 Å². The fourth-order valence-electron chi connectivity index (χ4n) is 5.40. The number of carbonyl (C=O) groups is 2. The minimum Gasteiger partial charge on any atom is -0.369 e. The van der Waals surface area contributed by atoms with Crippen LogP contribution in [0.15, 0.2) is 30.3 Å². The van der Waals surface area contributed by atoms with E-state index in [1.807, 2.05) is 24.3 Å². The maximum absolute atomic E-state index is 12.5. The number of aromatic nitrogens is 6. The van der Waals surface area contributed by atoms with Gasteiger partial charge in [0.05, 0.1) is 0 Å². The second-order valence-corrected chi connectivity index (χ2v) is 14.5. The first-order valence-corrected chi connectivity index (χ1v) is 16.1. The van der Waals surface area contributed by atoms with E-state index < -0.39 is 0 Å². The van der Waals surface area contributed by atoms with Gasteiger partial charge in [0.25, 0.3) is 0 Å². The van der Waals surface area contributed by atoms with Gasteiger partial charge in [-0.05, 0) is 68.3 Å². The molecule has 4 aromatic rings. The Hall–Kier alpha value is -4.30. The van der Waals surface area contributed by atoms with Gasteiger partial charge in [-0.1, -0.05) is 39.8 Å². The third-order valence-corrected chi connectivity index (χ3v) is 8.48. The number of nitrogens with two attached hydrogens (primary N) is 1. The predicted octanol–water partition coefficient (Wildman–Crippen LogP) is 3.44. The van der Waals surface area contributed by atoms with Gasteiger partial charge in [0.15, 0.2) is 11.3 Å². The molecule has 2 amide bonds. The van der Waals surface area contributed by atoms with Crippen LogP contribution in [-0.2, 0) is 16.1 Å². The van der Waals surface area contributed by atoms with Crippen LogP contribution in [-0.4, -0.2) is 79.1 Å². The number of pyridine rings is 2. The van der Waals surface area contributed by atoms with Crippen molar-refractivity contribution in [2.75, 3.05) is 54.5 Å². The summed E-state index contributed by atoms with van der Waals surface area (Å²) in [5.74, 6) is 2.34. The van der Waals surface area contributed by atoms with E-state index in [0.717, 1.165) is 49.4 Å². The van der Waals surface area contributed by atoms with Gasteiger partial charge >= 0.3 is 0 Å². The van der Waals surface area contributed by atoms with E-state index in [0.29, 0.717) is 49.4 Å². The standard InChI is InChI=1S/C32H46N12O2/c1-31(2,16-33)17-34-24-14-13-22(26-37-30(41-44(24)26)39-28(46)21-11-12-21)15-42(5)19-32(3,4)18-35-23-7-6-8-25-36-29(40-43(23)25)38-27(45)20-9-10-20/h6-8,13-14,20-21,34-35H,9-12,15-19,33H2,1-5H3,(H,38,40,45)(H,39,41,46). The summed E-state index contributed by atoms with van der Waals surface area (Å²) in [5.41, 5.74) is 8.11. The Bertz CT molecular complexity index is 1730. The van der Waals surface area contributed by atoms with Crippen LogP contribution in [0.4, 0.5) is 23.5 Å². The largest absolute Gasteiger partial charge is 0.369 e. The molecule has 0 unspecified atom stereocenters. The fraction of sp³-hybridized carbons (Fsp3) is 0.562. The Morgan fingerprint density at radius 1 is 0.848 bits per heavy atom. The van der Waals surface area contributed by atoms with E-state index in [1.165, 1.54) is 0 Å². The SMILES string of the molecule is CN(Cc1ccc(NCC(C)(C)CN)n2nc(NC(=O)C3CC3)nc12)CC(C)(C)CNc1cccc2nc(NC(=O)C3CC3)nn12. The molecule has 6 N–H and O–H groups in total. The monoisotopic (exact) mass is 630 g/mol. The summed E-state index contributed by atoms with van der Waals surface area (Å²) in [6, 6.07) is 9.84. The molecule has 2 saturated carbocycles. The Morgan fingerprint density at radius 3 is 2.07 bits per heavy atom. The smallest absolute Gasteiger partial charge is 0.249 e. The van der Waals surface area contributed by atoms with Crippen LogP contribution in [0.2, 0.25) is 0 Å². The van der Waals surface area contributed by atoms with Gasteiger partial charge in [0, 0.05) is 43.6 Å². The van der Waals surface area contributed by atoms with Crippen LogP contribution < -0.4 is 27.0 Å². The van der Waals surface area contributed by atoms with Crippen LogP contribution in [0.5, 0.6) is 0 Å². The molecule has 4 heterocycles. The zero-order valence-electron chi connectivity index (χ0n) is 27.4. The number of fused-ring (bicyclic) bond motifs is 2. The first kappa shape index (κ1) is 31.7. The summed E-state index contributed by atoms with van der Waals surface area (Å²) in [6.07, 6.45) is 3.67. The van der Waals surface area contributed by atoms with Gasteiger partial charge in [-0.2, -0.15) is 19.0 Å². The zero-order chi connectivity index (χ0) is 32.6. The van der Waals surface area contributed by atoms with Crippen molar-refractivity contribution < 1.29 is 9.59 Å². The molecule has 0 atom stereocenters. The molecule has 2 fully saturated rings. The molecule has 0 aromatic carbocycles. The van der Waals surface area contributed by atoms with Crippen LogP contribution in [0.25, 0.3) is 11.3 Å². The molecule has 46 heavy (non-hydrogen) atoms. The molecule has 14 heteroatoms. The second-order valence-electron chi connectivity index (χ2n) is 14.5. The number of rotatable bonds is 15. The Labute approximate surface area is 268 Å². The van der Waals surface area contributed by atoms with Gasteiger partial charge in [0.1, 0.15) is 11.6 Å². The second kappa shape index (κ2) is 12.5. The lowest BCUT2D eigenvalue weighted by atomic mass is 9.92. The maximum Gasteiger partial charge on any atom is 0.249 e. The van der Waals surface area contributed by atoms with Crippen LogP contribution in [0.1, 0.15) is 58.9 Å². The molecule has 246 valence electrons. The van der Waals surface area contributed by atoms with E-state index in [-0.39, 0.29) is 34.5 Å². The van der Waals surface area contributed by atoms with E-state index in [2.05, 4.69) is 82.2 Å². The highest BCUT2D eigenvalue weighted by molar-refractivity contribution is 5.93. The number of nitrogens with zero attached hydrogens (tertiary/aromatic N) is 7. The van der Waals surface area contributed by atoms with Gasteiger partial charge in [-0.15, -0.1) is 10.2 Å². The molecule has 4 aromatic heterocycles. The van der Waals surface area contributed by atoms with Crippen molar-refractivity contribution in [3.63, 3.8) is 0 Å². The molecule has 14 nitrogen and oxygen atoms in total. The normalized spacial score (nSPS) is 15.5. The highest BCUT2D eigenvalue weighted by Gasteiger charge is 2.31. The van der Waals surface area contributed by atoms with Gasteiger partial charge in [-0.25, -0.2) is 0 Å². The average molecular weight is 631 g/mol. The topological polar surface area (TPSA) is 172 Å². The maximum atomic E-state index is 12.5. The Balaban J connectivity index is 1.13. The quantitative estimate of drug-likeness (QED) is 0.131. The number of carbonyl (C=O) groups excluding carboxylic acids is 2. The average Bonchev–Trinajstić information content (AvgIpc) is 3.94. The number of amides is 2. The molecule has 0 spiro atoms. The lowest BCUT2D eigenvalue weighted by molar-refractivity contribution is -0.118. The van der Waals surface area contributed by atoms with Crippen molar-refractivity contribution in [1.29, 1.82) is 0 Å². The Kier molecular flexibility index (Phi) is 8.59. The minimum absolute atomic E-state index is 0.0151. The molecule has 0 saturated heterocycles. The fourth-order valence-corrected chi connectivity index (χ4v) is 5.40. The minimum atomic E-state index is -0.122. The molecule has 2 aliphatic rings. The summed E-state index contributed by atoms with van der Waals surface area (Å²) in [7, 11) is 2.09. The summed E-state index contributed by atoms with van der Waals surface area (Å²) in [4.78, 5) is 36.2. The summed E-state index contributed by atoms with van der Waals surface area (Å²) < 4.78 is 3.51. The molecular formula is C32H46N12O2. The Morgan fingerprint density at radius 2 is 1.43 bits per heavy atom. The third-order valence-electron chi connectivity index (χ3n) is 8.48. The molecule has 0 bridgehead atoms. The van der Waals surface area contributed by atoms with E-state index in [4.69, 9.17) is 10.7 Å². The zero-order valence-corrected chi connectivity index (χ0v) is 27.4. The molecular weight excluding hydrogens is 584 g/mol. The molecule has 2 aliphatic carbocycles. The predicted molar refractivity (Wildman–Crippen MR) is 179 cm³/mol. The van der Waals surface area contributed by atoms with E-state index in [1.54, 1.807) is 9.03 Å². The number of hydrogen-bond donors (Lipinski definition) is 5. The van der Waals surface area contributed by atoms with E-state index in [9.17, 15) is 9.59 Å². The third kappa shape index (κ3) is 7.56. The molecule has 0 aliphatic heterocycles. The van der Waals surface area contributed by atoms with Gasteiger partial charge < -0.3 is 21.3 Å². The van der Waals surface area contributed by atoms with Crippen molar-refractivity contribution in [2.45, 2.75) is 59.9 Å². The lowest BCUT2D eigenvalue weighted by Gasteiger charge is -2.31.